The van der Waals surface area contributed by atoms with Crippen LogP contribution in [0.25, 0.3) is 10.8 Å². The molecule has 0 fully saturated rings. The van der Waals surface area contributed by atoms with E-state index >= 15 is 0 Å². The molecule has 0 saturated carbocycles. The number of hydrogen-bond donors (Lipinski definition) is 0. The third kappa shape index (κ3) is 4.72. The van der Waals surface area contributed by atoms with Gasteiger partial charge in [-0.3, -0.25) is 0 Å². The van der Waals surface area contributed by atoms with Gasteiger partial charge in [0.25, 0.3) is 0 Å². The average Bonchev–Trinajstić information content (AvgIpc) is 3.41. The molecule has 0 spiro atoms. The van der Waals surface area contributed by atoms with Crippen molar-refractivity contribution in [3.05, 3.63) is 90.5 Å². The summed E-state index contributed by atoms with van der Waals surface area (Å²) < 4.78 is 13.5. The summed E-state index contributed by atoms with van der Waals surface area (Å²) >= 11 is 0. The van der Waals surface area contributed by atoms with Crippen LogP contribution in [0.15, 0.2) is 84.5 Å². The molecule has 1 aliphatic heterocycles. The van der Waals surface area contributed by atoms with E-state index in [2.05, 4.69) is 10.1 Å². The first-order valence-corrected chi connectivity index (χ1v) is 10.7. The lowest BCUT2D eigenvalue weighted by Gasteiger charge is -2.16. The first-order valence-electron chi connectivity index (χ1n) is 10.7. The van der Waals surface area contributed by atoms with Crippen molar-refractivity contribution >= 4 is 22.5 Å². The van der Waals surface area contributed by atoms with E-state index in [0.29, 0.717) is 23.8 Å². The van der Waals surface area contributed by atoms with Crippen molar-refractivity contribution in [3.8, 4) is 11.5 Å². The lowest BCUT2D eigenvalue weighted by atomic mass is 10.1. The van der Waals surface area contributed by atoms with Gasteiger partial charge >= 0.3 is 5.97 Å². The fraction of sp³-hybridized carbons (Fsp3) is 0.192. The molecular weight excluding hydrogens is 418 g/mol. The van der Waals surface area contributed by atoms with Crippen LogP contribution in [0.4, 0.5) is 0 Å². The zero-order valence-electron chi connectivity index (χ0n) is 18.4. The van der Waals surface area contributed by atoms with E-state index in [1.54, 1.807) is 12.5 Å². The minimum Gasteiger partial charge on any atom is -0.449 e. The van der Waals surface area contributed by atoms with Crippen molar-refractivity contribution in [2.75, 3.05) is 0 Å². The highest BCUT2D eigenvalue weighted by Crippen LogP contribution is 2.39. The normalized spacial score (nSPS) is 14.4. The fourth-order valence-corrected chi connectivity index (χ4v) is 3.78. The summed E-state index contributed by atoms with van der Waals surface area (Å²) in [6.07, 6.45) is 5.32. The van der Waals surface area contributed by atoms with E-state index in [-0.39, 0.29) is 6.42 Å². The molecule has 0 N–H and O–H groups in total. The molecule has 0 saturated heterocycles. The third-order valence-electron chi connectivity index (χ3n) is 5.30. The number of hydrogen-bond acceptors (Lipinski definition) is 6. The molecule has 4 aromatic rings. The Balaban J connectivity index is 1.36. The Kier molecular flexibility index (Phi) is 5.30. The van der Waals surface area contributed by atoms with Crippen LogP contribution in [-0.4, -0.2) is 27.0 Å². The molecular formula is C26H23N3O4. The number of fused-ring (bicyclic) bond motifs is 2. The number of rotatable bonds is 6. The van der Waals surface area contributed by atoms with Crippen molar-refractivity contribution < 1.29 is 19.1 Å². The van der Waals surface area contributed by atoms with Crippen LogP contribution in [0.5, 0.6) is 11.5 Å². The van der Waals surface area contributed by atoms with Gasteiger partial charge in [-0.05, 0) is 34.5 Å². The molecule has 0 aliphatic carbocycles. The Morgan fingerprint density at radius 2 is 1.85 bits per heavy atom. The molecule has 0 amide bonds. The standard InChI is InChI=1S/C26H23N3O4/c1-26(2)31-23-10-9-21(15-24(23)32-26)22(16-29-12-11-27-17-29)28-33-25(30)14-18-7-8-19-5-3-4-6-20(19)13-18/h3-13,15,17H,14,16H2,1-2H3/b28-22+. The molecule has 0 atom stereocenters. The van der Waals surface area contributed by atoms with Crippen molar-refractivity contribution in [1.82, 2.24) is 9.55 Å². The molecule has 33 heavy (non-hydrogen) atoms. The first-order chi connectivity index (χ1) is 15.9. The largest absolute Gasteiger partial charge is 0.449 e. The summed E-state index contributed by atoms with van der Waals surface area (Å²) in [5, 5.41) is 6.42. The van der Waals surface area contributed by atoms with E-state index in [9.17, 15) is 4.79 Å². The molecule has 0 bridgehead atoms. The average molecular weight is 441 g/mol. The molecule has 0 radical (unpaired) electrons. The van der Waals surface area contributed by atoms with Crippen molar-refractivity contribution in [2.24, 2.45) is 5.16 Å². The SMILES string of the molecule is CC1(C)Oc2ccc(/C(Cn3ccnc3)=N/OC(=O)Cc3ccc4ccccc4c3)cc2O1. The number of aromatic nitrogens is 2. The topological polar surface area (TPSA) is 74.9 Å². The third-order valence-corrected chi connectivity index (χ3v) is 5.30. The second kappa shape index (κ2) is 8.43. The molecule has 7 heteroatoms. The zero-order valence-corrected chi connectivity index (χ0v) is 18.4. The minimum atomic E-state index is -0.727. The van der Waals surface area contributed by atoms with Crippen molar-refractivity contribution in [1.29, 1.82) is 0 Å². The Bertz CT molecular complexity index is 1340. The zero-order chi connectivity index (χ0) is 22.8. The van der Waals surface area contributed by atoms with Gasteiger partial charge in [0.1, 0.15) is 5.71 Å². The van der Waals surface area contributed by atoms with Gasteiger partial charge in [0.05, 0.1) is 19.3 Å². The van der Waals surface area contributed by atoms with Crippen LogP contribution >= 0.6 is 0 Å². The summed E-state index contributed by atoms with van der Waals surface area (Å²) in [6, 6.07) is 19.5. The number of imidazole rings is 1. The Hall–Kier alpha value is -4.13. The van der Waals surface area contributed by atoms with Crippen LogP contribution in [0, 0.1) is 0 Å². The highest BCUT2D eigenvalue weighted by Gasteiger charge is 2.32. The maximum absolute atomic E-state index is 12.6. The predicted molar refractivity (Wildman–Crippen MR) is 124 cm³/mol. The van der Waals surface area contributed by atoms with E-state index in [0.717, 1.165) is 21.9 Å². The first kappa shape index (κ1) is 20.8. The molecule has 1 aromatic heterocycles. The summed E-state index contributed by atoms with van der Waals surface area (Å²) in [5.41, 5.74) is 2.20. The summed E-state index contributed by atoms with van der Waals surface area (Å²) in [6.45, 7) is 4.08. The predicted octanol–water partition coefficient (Wildman–Crippen LogP) is 4.73. The molecule has 1 aliphatic rings. The molecule has 2 heterocycles. The number of ether oxygens (including phenoxy) is 2. The van der Waals surface area contributed by atoms with Crippen LogP contribution in [0.2, 0.25) is 0 Å². The van der Waals surface area contributed by atoms with Gasteiger partial charge in [-0.15, -0.1) is 0 Å². The van der Waals surface area contributed by atoms with Gasteiger partial charge in [0.15, 0.2) is 11.5 Å². The van der Waals surface area contributed by atoms with Crippen LogP contribution < -0.4 is 9.47 Å². The second-order valence-corrected chi connectivity index (χ2v) is 8.36. The smallest absolute Gasteiger partial charge is 0.339 e. The maximum atomic E-state index is 12.6. The lowest BCUT2D eigenvalue weighted by molar-refractivity contribution is -0.142. The van der Waals surface area contributed by atoms with Gasteiger partial charge in [-0.1, -0.05) is 47.6 Å². The van der Waals surface area contributed by atoms with Crippen LogP contribution in [0.3, 0.4) is 0 Å². The van der Waals surface area contributed by atoms with E-state index in [4.69, 9.17) is 14.3 Å². The van der Waals surface area contributed by atoms with Crippen molar-refractivity contribution in [3.63, 3.8) is 0 Å². The Morgan fingerprint density at radius 1 is 1.03 bits per heavy atom. The minimum absolute atomic E-state index is 0.127. The van der Waals surface area contributed by atoms with Crippen LogP contribution in [-0.2, 0) is 22.6 Å². The number of carbonyl (C=O) groups is 1. The Labute approximate surface area is 191 Å². The quantitative estimate of drug-likeness (QED) is 0.246. The molecule has 5 rings (SSSR count). The molecule has 166 valence electrons. The number of nitrogens with zero attached hydrogens (tertiary/aromatic N) is 3. The summed E-state index contributed by atoms with van der Waals surface area (Å²) in [5.74, 6) is 0.127. The number of carbonyl (C=O) groups excluding carboxylic acids is 1. The molecule has 3 aromatic carbocycles. The highest BCUT2D eigenvalue weighted by molar-refractivity contribution is 6.01. The Morgan fingerprint density at radius 3 is 2.67 bits per heavy atom. The molecule has 7 nitrogen and oxygen atoms in total. The van der Waals surface area contributed by atoms with Gasteiger partial charge < -0.3 is 18.9 Å². The van der Waals surface area contributed by atoms with Crippen molar-refractivity contribution in [2.45, 2.75) is 32.6 Å². The maximum Gasteiger partial charge on any atom is 0.339 e. The molecule has 0 unspecified atom stereocenters. The summed E-state index contributed by atoms with van der Waals surface area (Å²) in [4.78, 5) is 22.0. The van der Waals surface area contributed by atoms with E-state index < -0.39 is 11.8 Å². The van der Waals surface area contributed by atoms with Gasteiger partial charge in [-0.25, -0.2) is 9.78 Å². The van der Waals surface area contributed by atoms with E-state index in [1.807, 2.05) is 85.3 Å². The second-order valence-electron chi connectivity index (χ2n) is 8.36. The fourth-order valence-electron chi connectivity index (χ4n) is 3.78. The lowest BCUT2D eigenvalue weighted by Crippen LogP contribution is -2.29. The van der Waals surface area contributed by atoms with Crippen LogP contribution in [0.1, 0.15) is 25.0 Å². The highest BCUT2D eigenvalue weighted by atomic mass is 16.7. The summed E-state index contributed by atoms with van der Waals surface area (Å²) in [7, 11) is 0. The van der Waals surface area contributed by atoms with Gasteiger partial charge in [0, 0.05) is 31.8 Å². The van der Waals surface area contributed by atoms with E-state index in [1.165, 1.54) is 0 Å². The number of benzene rings is 3. The van der Waals surface area contributed by atoms with Gasteiger partial charge in [-0.2, -0.15) is 0 Å². The monoisotopic (exact) mass is 441 g/mol. The van der Waals surface area contributed by atoms with Gasteiger partial charge in [0.2, 0.25) is 5.79 Å². The number of oxime groups is 1.